The molecule has 0 atom stereocenters. The van der Waals surface area contributed by atoms with Gasteiger partial charge in [0.05, 0.1) is 5.69 Å². The molecular weight excluding hydrogens is 232 g/mol. The first-order chi connectivity index (χ1) is 6.54. The van der Waals surface area contributed by atoms with Crippen molar-refractivity contribution in [1.82, 2.24) is 5.32 Å². The zero-order valence-electron chi connectivity index (χ0n) is 8.82. The van der Waals surface area contributed by atoms with E-state index < -0.39 is 9.73 Å². The van der Waals surface area contributed by atoms with E-state index in [9.17, 15) is 4.21 Å². The van der Waals surface area contributed by atoms with E-state index in [0.29, 0.717) is 0 Å². The second kappa shape index (κ2) is 4.51. The Kier molecular flexibility index (Phi) is 3.76. The molecule has 1 aromatic carbocycles. The van der Waals surface area contributed by atoms with Crippen LogP contribution in [0.4, 0.5) is 5.69 Å². The average molecular weight is 247 g/mol. The molecule has 0 fully saturated rings. The Morgan fingerprint density at radius 2 is 1.93 bits per heavy atom. The first kappa shape index (κ1) is 12.5. The molecule has 2 rings (SSSR count). The van der Waals surface area contributed by atoms with Crippen molar-refractivity contribution >= 4 is 27.8 Å². The maximum absolute atomic E-state index is 11.5. The van der Waals surface area contributed by atoms with E-state index in [-0.39, 0.29) is 12.4 Å². The minimum Gasteiger partial charge on any atom is -0.309 e. The lowest BCUT2D eigenvalue weighted by molar-refractivity contribution is 0.684. The van der Waals surface area contributed by atoms with Gasteiger partial charge in [-0.25, -0.2) is 4.21 Å². The molecule has 15 heavy (non-hydrogen) atoms. The average Bonchev–Trinajstić information content (AvgIpc) is 2.47. The molecule has 5 heteroatoms. The van der Waals surface area contributed by atoms with Crippen molar-refractivity contribution in [1.29, 1.82) is 0 Å². The number of nitrogens with zero attached hydrogens (tertiary/aromatic N) is 1. The fourth-order valence-electron chi connectivity index (χ4n) is 1.59. The van der Waals surface area contributed by atoms with Gasteiger partial charge in [-0.05, 0) is 23.3 Å². The first-order valence-corrected chi connectivity index (χ1v) is 6.87. The van der Waals surface area contributed by atoms with Gasteiger partial charge in [-0.1, -0.05) is 6.07 Å². The molecule has 3 nitrogen and oxygen atoms in total. The predicted molar refractivity (Wildman–Crippen MR) is 66.3 cm³/mol. The lowest BCUT2D eigenvalue weighted by Gasteiger charge is -2.00. The minimum atomic E-state index is -2.04. The molecule has 0 saturated carbocycles. The zero-order chi connectivity index (χ0) is 10.2. The van der Waals surface area contributed by atoms with Crippen LogP contribution in [-0.2, 0) is 22.8 Å². The van der Waals surface area contributed by atoms with E-state index >= 15 is 0 Å². The van der Waals surface area contributed by atoms with Crippen molar-refractivity contribution in [3.05, 3.63) is 29.3 Å². The van der Waals surface area contributed by atoms with Gasteiger partial charge in [0, 0.05) is 35.3 Å². The van der Waals surface area contributed by atoms with Crippen molar-refractivity contribution in [3.63, 3.8) is 0 Å². The fourth-order valence-corrected chi connectivity index (χ4v) is 2.21. The van der Waals surface area contributed by atoms with Gasteiger partial charge >= 0.3 is 0 Å². The van der Waals surface area contributed by atoms with Gasteiger partial charge in [-0.15, -0.1) is 12.4 Å². The third-order valence-electron chi connectivity index (χ3n) is 2.15. The summed E-state index contributed by atoms with van der Waals surface area (Å²) in [5, 5.41) is 3.26. The maximum Gasteiger partial charge on any atom is 0.0733 e. The van der Waals surface area contributed by atoms with E-state index in [4.69, 9.17) is 0 Å². The Balaban J connectivity index is 0.00000112. The predicted octanol–water partition coefficient (Wildman–Crippen LogP) is 2.07. The standard InChI is InChI=1S/C10H14N2OS.ClH/c1-14(2,13)12-10-4-3-8-6-11-7-9(8)5-10;/h3-5,11H,6-7H2,1-2H3;1H. The van der Waals surface area contributed by atoms with Crippen LogP contribution < -0.4 is 5.32 Å². The highest BCUT2D eigenvalue weighted by Gasteiger charge is 2.09. The van der Waals surface area contributed by atoms with Crippen molar-refractivity contribution in [2.75, 3.05) is 12.5 Å². The van der Waals surface area contributed by atoms with E-state index in [0.717, 1.165) is 18.8 Å². The van der Waals surface area contributed by atoms with Gasteiger partial charge in [0.2, 0.25) is 0 Å². The molecule has 1 aromatic rings. The third kappa shape index (κ3) is 3.19. The molecule has 1 aliphatic rings. The van der Waals surface area contributed by atoms with Gasteiger partial charge in [-0.2, -0.15) is 4.36 Å². The summed E-state index contributed by atoms with van der Waals surface area (Å²) in [6, 6.07) is 6.00. The van der Waals surface area contributed by atoms with Crippen LogP contribution in [0.5, 0.6) is 0 Å². The summed E-state index contributed by atoms with van der Waals surface area (Å²) in [6.45, 7) is 1.83. The fraction of sp³-hybridized carbons (Fsp3) is 0.400. The SMILES string of the molecule is CS(C)(=O)=Nc1ccc2c(c1)CNC2.Cl. The van der Waals surface area contributed by atoms with Gasteiger partial charge in [0.1, 0.15) is 0 Å². The Labute approximate surface area is 96.9 Å². The largest absolute Gasteiger partial charge is 0.309 e. The molecule has 0 aliphatic carbocycles. The van der Waals surface area contributed by atoms with Crippen LogP contribution >= 0.6 is 12.4 Å². The molecule has 0 aromatic heterocycles. The highest BCUT2D eigenvalue weighted by molar-refractivity contribution is 7.92. The van der Waals surface area contributed by atoms with Crippen molar-refractivity contribution < 1.29 is 4.21 Å². The number of benzene rings is 1. The lowest BCUT2D eigenvalue weighted by Crippen LogP contribution is -1.99. The number of nitrogens with one attached hydrogen (secondary N) is 1. The Morgan fingerprint density at radius 1 is 1.27 bits per heavy atom. The van der Waals surface area contributed by atoms with Crippen LogP contribution in [0.3, 0.4) is 0 Å². The number of fused-ring (bicyclic) bond motifs is 1. The third-order valence-corrected chi connectivity index (χ3v) is 2.80. The number of hydrogen-bond acceptors (Lipinski definition) is 3. The molecule has 0 bridgehead atoms. The van der Waals surface area contributed by atoms with Crippen LogP contribution in [-0.4, -0.2) is 16.7 Å². The van der Waals surface area contributed by atoms with Crippen LogP contribution in [0.2, 0.25) is 0 Å². The molecular formula is C10H15ClN2OS. The van der Waals surface area contributed by atoms with Crippen LogP contribution in [0, 0.1) is 0 Å². The minimum absolute atomic E-state index is 0. The maximum atomic E-state index is 11.5. The summed E-state index contributed by atoms with van der Waals surface area (Å²) >= 11 is 0. The quantitative estimate of drug-likeness (QED) is 0.824. The van der Waals surface area contributed by atoms with Gasteiger partial charge in [-0.3, -0.25) is 0 Å². The second-order valence-corrected chi connectivity index (χ2v) is 6.37. The van der Waals surface area contributed by atoms with Crippen LogP contribution in [0.15, 0.2) is 22.6 Å². The summed E-state index contributed by atoms with van der Waals surface area (Å²) in [6.07, 6.45) is 3.30. The first-order valence-electron chi connectivity index (χ1n) is 4.54. The molecule has 0 spiro atoms. The van der Waals surface area contributed by atoms with Gasteiger partial charge < -0.3 is 5.32 Å². The lowest BCUT2D eigenvalue weighted by atomic mass is 10.1. The van der Waals surface area contributed by atoms with Crippen LogP contribution in [0.25, 0.3) is 0 Å². The van der Waals surface area contributed by atoms with E-state index in [2.05, 4.69) is 15.7 Å². The van der Waals surface area contributed by atoms with Gasteiger partial charge in [0.15, 0.2) is 0 Å². The number of hydrogen-bond donors (Lipinski definition) is 1. The van der Waals surface area contributed by atoms with Gasteiger partial charge in [0.25, 0.3) is 0 Å². The Hall–Kier alpha value is -0.580. The topological polar surface area (TPSA) is 41.5 Å². The summed E-state index contributed by atoms with van der Waals surface area (Å²) in [5.41, 5.74) is 3.42. The summed E-state index contributed by atoms with van der Waals surface area (Å²) in [7, 11) is -2.04. The summed E-state index contributed by atoms with van der Waals surface area (Å²) in [5.74, 6) is 0. The van der Waals surface area contributed by atoms with E-state index in [1.807, 2.05) is 12.1 Å². The zero-order valence-corrected chi connectivity index (χ0v) is 10.5. The molecule has 1 heterocycles. The molecule has 0 radical (unpaired) electrons. The molecule has 0 amide bonds. The highest BCUT2D eigenvalue weighted by atomic mass is 35.5. The Morgan fingerprint density at radius 3 is 2.60 bits per heavy atom. The van der Waals surface area contributed by atoms with Crippen molar-refractivity contribution in [3.8, 4) is 0 Å². The van der Waals surface area contributed by atoms with Crippen molar-refractivity contribution in [2.24, 2.45) is 4.36 Å². The normalized spacial score (nSPS) is 14.3. The second-order valence-electron chi connectivity index (χ2n) is 3.83. The molecule has 0 unspecified atom stereocenters. The highest BCUT2D eigenvalue weighted by Crippen LogP contribution is 2.22. The van der Waals surface area contributed by atoms with Crippen molar-refractivity contribution in [2.45, 2.75) is 13.1 Å². The Bertz CT molecular complexity index is 470. The van der Waals surface area contributed by atoms with E-state index in [1.54, 1.807) is 12.5 Å². The smallest absolute Gasteiger partial charge is 0.0733 e. The van der Waals surface area contributed by atoms with Crippen LogP contribution in [0.1, 0.15) is 11.1 Å². The number of rotatable bonds is 1. The molecule has 1 N–H and O–H groups in total. The summed E-state index contributed by atoms with van der Waals surface area (Å²) in [4.78, 5) is 0. The number of halogens is 1. The van der Waals surface area contributed by atoms with E-state index in [1.165, 1.54) is 11.1 Å². The molecule has 0 saturated heterocycles. The molecule has 1 aliphatic heterocycles. The summed E-state index contributed by atoms with van der Waals surface area (Å²) < 4.78 is 15.6. The molecule has 84 valence electrons. The monoisotopic (exact) mass is 246 g/mol.